The Kier molecular flexibility index (Phi) is 4.04. The maximum Gasteiger partial charge on any atom is 0.410 e. The summed E-state index contributed by atoms with van der Waals surface area (Å²) in [7, 11) is 0. The zero-order valence-electron chi connectivity index (χ0n) is 12.7. The fourth-order valence-corrected chi connectivity index (χ4v) is 2.69. The monoisotopic (exact) mass is 276 g/mol. The number of nitrogens with two attached hydrogens (primary N) is 1. The topological polar surface area (TPSA) is 55.6 Å². The normalized spacial score (nSPS) is 20.2. The van der Waals surface area contributed by atoms with Crippen molar-refractivity contribution >= 4 is 6.09 Å². The first-order valence-corrected chi connectivity index (χ1v) is 7.12. The van der Waals surface area contributed by atoms with Gasteiger partial charge in [-0.3, -0.25) is 4.90 Å². The highest BCUT2D eigenvalue weighted by Crippen LogP contribution is 2.32. The minimum Gasteiger partial charge on any atom is -0.444 e. The Hall–Kier alpha value is -1.55. The van der Waals surface area contributed by atoms with Crippen LogP contribution in [0.15, 0.2) is 24.3 Å². The van der Waals surface area contributed by atoms with Crippen molar-refractivity contribution in [3.63, 3.8) is 0 Å². The van der Waals surface area contributed by atoms with Gasteiger partial charge in [-0.05, 0) is 45.2 Å². The molecular weight excluding hydrogens is 252 g/mol. The minimum absolute atomic E-state index is 0.116. The average molecular weight is 276 g/mol. The number of ether oxygens (including phenoxy) is 1. The summed E-state index contributed by atoms with van der Waals surface area (Å²) in [5.74, 6) is 0. The predicted molar refractivity (Wildman–Crippen MR) is 79.5 cm³/mol. The Morgan fingerprint density at radius 1 is 1.40 bits per heavy atom. The largest absolute Gasteiger partial charge is 0.444 e. The van der Waals surface area contributed by atoms with Crippen molar-refractivity contribution in [2.45, 2.75) is 51.8 Å². The number of nitrogens with zero attached hydrogens (tertiary/aromatic N) is 1. The first-order chi connectivity index (χ1) is 9.29. The third kappa shape index (κ3) is 3.12. The van der Waals surface area contributed by atoms with Gasteiger partial charge in [-0.25, -0.2) is 4.79 Å². The van der Waals surface area contributed by atoms with Gasteiger partial charge in [-0.1, -0.05) is 24.3 Å². The Morgan fingerprint density at radius 3 is 2.65 bits per heavy atom. The summed E-state index contributed by atoms with van der Waals surface area (Å²) in [5, 5.41) is 0. The molecule has 0 aromatic heterocycles. The molecule has 1 heterocycles. The predicted octanol–water partition coefficient (Wildman–Crippen LogP) is 2.87. The number of benzene rings is 1. The summed E-state index contributed by atoms with van der Waals surface area (Å²) in [6.07, 6.45) is 0.563. The van der Waals surface area contributed by atoms with E-state index in [0.717, 1.165) is 12.0 Å². The lowest BCUT2D eigenvalue weighted by atomic mass is 9.89. The SMILES string of the molecule is CC(N)C1c2ccccc2CCN1C(=O)OC(C)(C)C. The fourth-order valence-electron chi connectivity index (χ4n) is 2.69. The second-order valence-electron chi connectivity index (χ2n) is 6.43. The highest BCUT2D eigenvalue weighted by molar-refractivity contribution is 5.69. The van der Waals surface area contributed by atoms with Crippen LogP contribution in [-0.4, -0.2) is 29.2 Å². The maximum absolute atomic E-state index is 12.4. The van der Waals surface area contributed by atoms with Gasteiger partial charge in [0.1, 0.15) is 5.60 Å². The van der Waals surface area contributed by atoms with Gasteiger partial charge in [0.25, 0.3) is 0 Å². The van der Waals surface area contributed by atoms with E-state index in [4.69, 9.17) is 10.5 Å². The van der Waals surface area contributed by atoms with Crippen molar-refractivity contribution in [1.82, 2.24) is 4.90 Å². The second-order valence-corrected chi connectivity index (χ2v) is 6.43. The standard InChI is InChI=1S/C16H24N2O2/c1-11(17)14-13-8-6-5-7-12(13)9-10-18(14)15(19)20-16(2,3)4/h5-8,11,14H,9-10,17H2,1-4H3. The molecule has 2 rings (SSSR count). The van der Waals surface area contributed by atoms with E-state index in [-0.39, 0.29) is 18.2 Å². The summed E-state index contributed by atoms with van der Waals surface area (Å²) < 4.78 is 5.50. The van der Waals surface area contributed by atoms with Crippen LogP contribution in [0.5, 0.6) is 0 Å². The molecule has 1 aromatic rings. The van der Waals surface area contributed by atoms with Crippen LogP contribution in [0.1, 0.15) is 44.9 Å². The molecule has 1 aromatic carbocycles. The van der Waals surface area contributed by atoms with Gasteiger partial charge in [0.05, 0.1) is 6.04 Å². The molecule has 1 aliphatic heterocycles. The quantitative estimate of drug-likeness (QED) is 0.858. The van der Waals surface area contributed by atoms with Gasteiger partial charge in [-0.2, -0.15) is 0 Å². The molecule has 0 fully saturated rings. The van der Waals surface area contributed by atoms with Crippen LogP contribution in [0.3, 0.4) is 0 Å². The molecule has 2 unspecified atom stereocenters. The third-order valence-electron chi connectivity index (χ3n) is 3.46. The molecule has 2 atom stereocenters. The Labute approximate surface area is 120 Å². The molecule has 2 N–H and O–H groups in total. The smallest absolute Gasteiger partial charge is 0.410 e. The first kappa shape index (κ1) is 14.9. The van der Waals surface area contributed by atoms with Crippen LogP contribution in [0.4, 0.5) is 4.79 Å². The van der Waals surface area contributed by atoms with E-state index in [1.165, 1.54) is 5.56 Å². The van der Waals surface area contributed by atoms with Crippen LogP contribution in [0, 0.1) is 0 Å². The van der Waals surface area contributed by atoms with Crippen LogP contribution in [0.2, 0.25) is 0 Å². The van der Waals surface area contributed by atoms with E-state index in [1.807, 2.05) is 39.8 Å². The average Bonchev–Trinajstić information content (AvgIpc) is 2.35. The number of carbonyl (C=O) groups is 1. The number of rotatable bonds is 1. The van der Waals surface area contributed by atoms with E-state index < -0.39 is 5.60 Å². The first-order valence-electron chi connectivity index (χ1n) is 7.12. The number of fused-ring (bicyclic) bond motifs is 1. The summed E-state index contributed by atoms with van der Waals surface area (Å²) in [4.78, 5) is 14.1. The van der Waals surface area contributed by atoms with E-state index in [9.17, 15) is 4.79 Å². The van der Waals surface area contributed by atoms with Gasteiger partial charge in [0.2, 0.25) is 0 Å². The van der Waals surface area contributed by atoms with Crippen molar-refractivity contribution in [2.75, 3.05) is 6.54 Å². The summed E-state index contributed by atoms with van der Waals surface area (Å²) >= 11 is 0. The van der Waals surface area contributed by atoms with E-state index in [2.05, 4.69) is 12.1 Å². The van der Waals surface area contributed by atoms with Crippen molar-refractivity contribution < 1.29 is 9.53 Å². The summed E-state index contributed by atoms with van der Waals surface area (Å²) in [5.41, 5.74) is 8.05. The van der Waals surface area contributed by atoms with E-state index in [0.29, 0.717) is 6.54 Å². The lowest BCUT2D eigenvalue weighted by Gasteiger charge is -2.40. The summed E-state index contributed by atoms with van der Waals surface area (Å²) in [6.45, 7) is 8.22. The Bertz CT molecular complexity index is 491. The number of carbonyl (C=O) groups excluding carboxylic acids is 1. The van der Waals surface area contributed by atoms with Crippen LogP contribution in [-0.2, 0) is 11.2 Å². The highest BCUT2D eigenvalue weighted by Gasteiger charge is 2.35. The molecular formula is C16H24N2O2. The zero-order chi connectivity index (χ0) is 14.9. The molecule has 1 aliphatic rings. The molecule has 4 nitrogen and oxygen atoms in total. The van der Waals surface area contributed by atoms with Crippen LogP contribution < -0.4 is 5.73 Å². The Morgan fingerprint density at radius 2 is 2.05 bits per heavy atom. The van der Waals surface area contributed by atoms with Crippen molar-refractivity contribution in [3.05, 3.63) is 35.4 Å². The molecule has 0 saturated heterocycles. The van der Waals surface area contributed by atoms with Gasteiger partial charge in [-0.15, -0.1) is 0 Å². The molecule has 0 aliphatic carbocycles. The lowest BCUT2D eigenvalue weighted by Crippen LogP contribution is -2.48. The van der Waals surface area contributed by atoms with Gasteiger partial charge >= 0.3 is 6.09 Å². The van der Waals surface area contributed by atoms with E-state index >= 15 is 0 Å². The minimum atomic E-state index is -0.490. The van der Waals surface area contributed by atoms with Crippen molar-refractivity contribution in [1.29, 1.82) is 0 Å². The molecule has 0 saturated carbocycles. The Balaban J connectivity index is 2.29. The molecule has 0 spiro atoms. The van der Waals surface area contributed by atoms with Crippen LogP contribution >= 0.6 is 0 Å². The number of hydrogen-bond acceptors (Lipinski definition) is 3. The van der Waals surface area contributed by atoms with Crippen molar-refractivity contribution in [3.8, 4) is 0 Å². The third-order valence-corrected chi connectivity index (χ3v) is 3.46. The maximum atomic E-state index is 12.4. The fraction of sp³-hybridized carbons (Fsp3) is 0.562. The number of hydrogen-bond donors (Lipinski definition) is 1. The van der Waals surface area contributed by atoms with Gasteiger partial charge < -0.3 is 10.5 Å². The molecule has 110 valence electrons. The zero-order valence-corrected chi connectivity index (χ0v) is 12.7. The lowest BCUT2D eigenvalue weighted by molar-refractivity contribution is 0.0118. The van der Waals surface area contributed by atoms with Gasteiger partial charge in [0, 0.05) is 12.6 Å². The molecule has 4 heteroatoms. The molecule has 1 amide bonds. The molecule has 0 bridgehead atoms. The molecule has 0 radical (unpaired) electrons. The second kappa shape index (κ2) is 5.44. The number of amides is 1. The highest BCUT2D eigenvalue weighted by atomic mass is 16.6. The van der Waals surface area contributed by atoms with Crippen molar-refractivity contribution in [2.24, 2.45) is 5.73 Å². The molecule has 20 heavy (non-hydrogen) atoms. The van der Waals surface area contributed by atoms with Gasteiger partial charge in [0.15, 0.2) is 0 Å². The van der Waals surface area contributed by atoms with Crippen LogP contribution in [0.25, 0.3) is 0 Å². The summed E-state index contributed by atoms with van der Waals surface area (Å²) in [6, 6.07) is 7.93. The van der Waals surface area contributed by atoms with E-state index in [1.54, 1.807) is 4.90 Å².